The summed E-state index contributed by atoms with van der Waals surface area (Å²) >= 11 is 0. The summed E-state index contributed by atoms with van der Waals surface area (Å²) in [7, 11) is 1.45. The second-order valence-corrected chi connectivity index (χ2v) is 3.56. The number of aromatic hydroxyl groups is 1. The summed E-state index contributed by atoms with van der Waals surface area (Å²) < 4.78 is 10.1. The second-order valence-electron chi connectivity index (χ2n) is 3.56. The lowest BCUT2D eigenvalue weighted by Crippen LogP contribution is -2.02. The van der Waals surface area contributed by atoms with E-state index >= 15 is 0 Å². The Morgan fingerprint density at radius 2 is 1.82 bits per heavy atom. The molecule has 88 valence electrons. The van der Waals surface area contributed by atoms with Gasteiger partial charge in [-0.05, 0) is 0 Å². The average Bonchev–Trinajstić information content (AvgIpc) is 2.32. The predicted molar refractivity (Wildman–Crippen MR) is 63.5 cm³/mol. The van der Waals surface area contributed by atoms with E-state index in [0.717, 1.165) is 0 Å². The predicted octanol–water partition coefficient (Wildman–Crippen LogP) is 2.48. The molecule has 4 nitrogen and oxygen atoms in total. The lowest BCUT2D eigenvalue weighted by atomic mass is 10.1. The summed E-state index contributed by atoms with van der Waals surface area (Å²) in [6.45, 7) is 1.33. The standard InChI is InChI=1S/C13H12O4/c1-8(14)17-11-7-12(16-2)13(15)10-6-4-3-5-9(10)11/h3-7,15H,1-2H3. The third kappa shape index (κ3) is 2.01. The zero-order chi connectivity index (χ0) is 12.4. The number of fused-ring (bicyclic) bond motifs is 1. The highest BCUT2D eigenvalue weighted by molar-refractivity contribution is 5.96. The van der Waals surface area contributed by atoms with Crippen LogP contribution in [0.5, 0.6) is 17.2 Å². The van der Waals surface area contributed by atoms with Crippen molar-refractivity contribution in [1.29, 1.82) is 0 Å². The molecule has 2 aromatic carbocycles. The molecule has 17 heavy (non-hydrogen) atoms. The van der Waals surface area contributed by atoms with E-state index in [4.69, 9.17) is 9.47 Å². The molecule has 4 heteroatoms. The van der Waals surface area contributed by atoms with Crippen LogP contribution in [0.3, 0.4) is 0 Å². The van der Waals surface area contributed by atoms with Gasteiger partial charge < -0.3 is 14.6 Å². The van der Waals surface area contributed by atoms with Crippen LogP contribution in [-0.2, 0) is 4.79 Å². The van der Waals surface area contributed by atoms with Crippen LogP contribution >= 0.6 is 0 Å². The number of benzene rings is 2. The highest BCUT2D eigenvalue weighted by Crippen LogP contribution is 2.40. The topological polar surface area (TPSA) is 55.8 Å². The van der Waals surface area contributed by atoms with Crippen LogP contribution in [0.15, 0.2) is 30.3 Å². The molecule has 0 spiro atoms. The van der Waals surface area contributed by atoms with Crippen LogP contribution in [0.4, 0.5) is 0 Å². The van der Waals surface area contributed by atoms with Crippen LogP contribution in [0.1, 0.15) is 6.92 Å². The van der Waals surface area contributed by atoms with Gasteiger partial charge in [0.25, 0.3) is 0 Å². The molecule has 0 bridgehead atoms. The van der Waals surface area contributed by atoms with Gasteiger partial charge in [0.1, 0.15) is 5.75 Å². The van der Waals surface area contributed by atoms with Gasteiger partial charge in [-0.2, -0.15) is 0 Å². The Kier molecular flexibility index (Phi) is 2.87. The molecule has 0 fully saturated rings. The number of carbonyl (C=O) groups is 1. The number of ether oxygens (including phenoxy) is 2. The Balaban J connectivity index is 2.73. The van der Waals surface area contributed by atoms with Crippen molar-refractivity contribution in [3.05, 3.63) is 30.3 Å². The number of phenols is 1. The molecule has 2 rings (SSSR count). The van der Waals surface area contributed by atoms with Crippen molar-refractivity contribution in [3.63, 3.8) is 0 Å². The minimum absolute atomic E-state index is 0.0407. The zero-order valence-corrected chi connectivity index (χ0v) is 9.56. The number of phenolic OH excluding ortho intramolecular Hbond substituents is 1. The Bertz CT molecular complexity index is 575. The molecule has 0 unspecified atom stereocenters. The van der Waals surface area contributed by atoms with E-state index in [1.807, 2.05) is 0 Å². The average molecular weight is 232 g/mol. The summed E-state index contributed by atoms with van der Waals surface area (Å²) in [5.74, 6) is 0.282. The first-order valence-corrected chi connectivity index (χ1v) is 5.10. The smallest absolute Gasteiger partial charge is 0.308 e. The molecule has 2 aromatic rings. The summed E-state index contributed by atoms with van der Waals surface area (Å²) in [5.41, 5.74) is 0. The second kappa shape index (κ2) is 4.33. The van der Waals surface area contributed by atoms with E-state index in [0.29, 0.717) is 16.5 Å². The highest BCUT2D eigenvalue weighted by Gasteiger charge is 2.13. The van der Waals surface area contributed by atoms with Crippen molar-refractivity contribution in [2.75, 3.05) is 7.11 Å². The molecule has 0 aliphatic heterocycles. The third-order valence-electron chi connectivity index (χ3n) is 2.42. The highest BCUT2D eigenvalue weighted by atomic mass is 16.5. The lowest BCUT2D eigenvalue weighted by Gasteiger charge is -2.11. The lowest BCUT2D eigenvalue weighted by molar-refractivity contribution is -0.131. The van der Waals surface area contributed by atoms with Crippen molar-refractivity contribution >= 4 is 16.7 Å². The molecular formula is C13H12O4. The van der Waals surface area contributed by atoms with Gasteiger partial charge in [-0.15, -0.1) is 0 Å². The van der Waals surface area contributed by atoms with Gasteiger partial charge in [0, 0.05) is 23.8 Å². The van der Waals surface area contributed by atoms with Gasteiger partial charge in [0.2, 0.25) is 0 Å². The van der Waals surface area contributed by atoms with E-state index in [2.05, 4.69) is 0 Å². The van der Waals surface area contributed by atoms with Crippen molar-refractivity contribution in [2.45, 2.75) is 6.92 Å². The SMILES string of the molecule is COc1cc(OC(C)=O)c2ccccc2c1O. The molecule has 0 saturated heterocycles. The summed E-state index contributed by atoms with van der Waals surface area (Å²) in [5, 5.41) is 11.2. The normalized spacial score (nSPS) is 10.2. The van der Waals surface area contributed by atoms with Gasteiger partial charge in [-0.25, -0.2) is 0 Å². The molecule has 1 N–H and O–H groups in total. The fraction of sp³-hybridized carbons (Fsp3) is 0.154. The number of hydrogen-bond acceptors (Lipinski definition) is 4. The van der Waals surface area contributed by atoms with Crippen LogP contribution in [0, 0.1) is 0 Å². The Morgan fingerprint density at radius 3 is 2.41 bits per heavy atom. The summed E-state index contributed by atoms with van der Waals surface area (Å²) in [6, 6.07) is 8.60. The molecule has 0 aliphatic rings. The van der Waals surface area contributed by atoms with Crippen molar-refractivity contribution in [2.24, 2.45) is 0 Å². The zero-order valence-electron chi connectivity index (χ0n) is 9.56. The largest absolute Gasteiger partial charge is 0.504 e. The van der Waals surface area contributed by atoms with E-state index in [1.165, 1.54) is 20.1 Å². The van der Waals surface area contributed by atoms with E-state index in [-0.39, 0.29) is 11.5 Å². The molecule has 0 aliphatic carbocycles. The molecule has 0 saturated carbocycles. The van der Waals surface area contributed by atoms with E-state index in [1.54, 1.807) is 24.3 Å². The molecule has 0 aromatic heterocycles. The monoisotopic (exact) mass is 232 g/mol. The quantitative estimate of drug-likeness (QED) is 0.638. The number of hydrogen-bond donors (Lipinski definition) is 1. The van der Waals surface area contributed by atoms with E-state index in [9.17, 15) is 9.90 Å². The molecular weight excluding hydrogens is 220 g/mol. The maximum Gasteiger partial charge on any atom is 0.308 e. The number of esters is 1. The van der Waals surface area contributed by atoms with Gasteiger partial charge in [-0.3, -0.25) is 4.79 Å². The maximum atomic E-state index is 11.0. The van der Waals surface area contributed by atoms with Crippen LogP contribution in [0.2, 0.25) is 0 Å². The van der Waals surface area contributed by atoms with Gasteiger partial charge in [0.05, 0.1) is 7.11 Å². The first-order chi connectivity index (χ1) is 8.13. The first-order valence-electron chi connectivity index (χ1n) is 5.10. The molecule has 0 amide bonds. The molecule has 0 heterocycles. The van der Waals surface area contributed by atoms with Crippen molar-refractivity contribution in [3.8, 4) is 17.2 Å². The summed E-state index contributed by atoms with van der Waals surface area (Å²) in [6.07, 6.45) is 0. The van der Waals surface area contributed by atoms with Crippen LogP contribution in [-0.4, -0.2) is 18.2 Å². The van der Waals surface area contributed by atoms with Crippen molar-refractivity contribution in [1.82, 2.24) is 0 Å². The first kappa shape index (κ1) is 11.3. The maximum absolute atomic E-state index is 11.0. The number of carbonyl (C=O) groups excluding carboxylic acids is 1. The Hall–Kier alpha value is -2.23. The third-order valence-corrected chi connectivity index (χ3v) is 2.42. The van der Waals surface area contributed by atoms with E-state index < -0.39 is 5.97 Å². The number of rotatable bonds is 2. The van der Waals surface area contributed by atoms with Crippen LogP contribution in [0.25, 0.3) is 10.8 Å². The number of methoxy groups -OCH3 is 1. The molecule has 0 radical (unpaired) electrons. The van der Waals surface area contributed by atoms with Gasteiger partial charge in [0.15, 0.2) is 11.5 Å². The summed E-state index contributed by atoms with van der Waals surface area (Å²) in [4.78, 5) is 11.0. The fourth-order valence-corrected chi connectivity index (χ4v) is 1.70. The molecule has 0 atom stereocenters. The van der Waals surface area contributed by atoms with Crippen LogP contribution < -0.4 is 9.47 Å². The Labute approximate surface area is 98.4 Å². The Morgan fingerprint density at radius 1 is 1.18 bits per heavy atom. The van der Waals surface area contributed by atoms with Gasteiger partial charge in [-0.1, -0.05) is 24.3 Å². The minimum Gasteiger partial charge on any atom is -0.504 e. The fourth-order valence-electron chi connectivity index (χ4n) is 1.70. The van der Waals surface area contributed by atoms with Gasteiger partial charge >= 0.3 is 5.97 Å². The van der Waals surface area contributed by atoms with Crippen molar-refractivity contribution < 1.29 is 19.4 Å². The minimum atomic E-state index is -0.414.